The van der Waals surface area contributed by atoms with Gasteiger partial charge in [0, 0.05) is 37.8 Å². The van der Waals surface area contributed by atoms with E-state index in [9.17, 15) is 10.1 Å². The number of carbonyl (C=O) groups is 1. The molecule has 5 heteroatoms. The molecule has 1 aromatic rings. The fraction of sp³-hybridized carbons (Fsp3) is 0.708. The summed E-state index contributed by atoms with van der Waals surface area (Å²) in [6.45, 7) is 1.85. The minimum atomic E-state index is 0.379. The van der Waals surface area contributed by atoms with Crippen LogP contribution in [0, 0.1) is 29.1 Å². The molecule has 4 atom stereocenters. The second-order valence-corrected chi connectivity index (χ2v) is 9.71. The zero-order valence-corrected chi connectivity index (χ0v) is 17.3. The van der Waals surface area contributed by atoms with Gasteiger partial charge in [0.25, 0.3) is 0 Å². The maximum absolute atomic E-state index is 13.0. The van der Waals surface area contributed by atoms with E-state index in [1.165, 1.54) is 44.9 Å². The Balaban J connectivity index is 1.44. The highest BCUT2D eigenvalue weighted by atomic mass is 16.2. The van der Waals surface area contributed by atoms with Crippen molar-refractivity contribution in [3.8, 4) is 6.07 Å². The molecule has 1 aliphatic carbocycles. The number of hydrogen-bond acceptors (Lipinski definition) is 4. The number of aromatic nitrogens is 1. The summed E-state index contributed by atoms with van der Waals surface area (Å²) in [7, 11) is 0. The first-order valence-corrected chi connectivity index (χ1v) is 11.7. The smallest absolute Gasteiger partial charge is 0.223 e. The lowest BCUT2D eigenvalue weighted by Crippen LogP contribution is -2.65. The van der Waals surface area contributed by atoms with E-state index < -0.39 is 0 Å². The minimum Gasteiger partial charge on any atom is -0.355 e. The Morgan fingerprint density at radius 1 is 1.10 bits per heavy atom. The largest absolute Gasteiger partial charge is 0.355 e. The molecule has 3 aliphatic heterocycles. The van der Waals surface area contributed by atoms with E-state index >= 15 is 0 Å². The van der Waals surface area contributed by atoms with Gasteiger partial charge in [-0.1, -0.05) is 32.1 Å². The number of anilines is 1. The topological polar surface area (TPSA) is 60.2 Å². The third-order valence-electron chi connectivity index (χ3n) is 8.00. The first kappa shape index (κ1) is 18.9. The number of nitriles is 1. The number of amides is 1. The van der Waals surface area contributed by atoms with Crippen molar-refractivity contribution in [3.63, 3.8) is 0 Å². The van der Waals surface area contributed by atoms with Gasteiger partial charge in [-0.15, -0.1) is 0 Å². The first-order chi connectivity index (χ1) is 14.2. The van der Waals surface area contributed by atoms with E-state index in [1.54, 1.807) is 6.20 Å². The van der Waals surface area contributed by atoms with Gasteiger partial charge < -0.3 is 9.80 Å². The molecule has 0 unspecified atom stereocenters. The molecule has 4 fully saturated rings. The Bertz CT molecular complexity index is 796. The van der Waals surface area contributed by atoms with Crippen molar-refractivity contribution < 1.29 is 4.79 Å². The van der Waals surface area contributed by atoms with E-state index in [-0.39, 0.29) is 0 Å². The normalized spacial score (nSPS) is 32.6. The molecule has 5 nitrogen and oxygen atoms in total. The summed E-state index contributed by atoms with van der Waals surface area (Å²) in [5, 5.41) is 9.57. The average molecular weight is 393 g/mol. The van der Waals surface area contributed by atoms with E-state index in [0.29, 0.717) is 35.4 Å². The SMILES string of the molecule is N#Cc1cccnc1N1C[C@H]2C[C@@H](C1)[C@H](CC1CCCCC1)N1C(=O)CCC[C@@H]21. The lowest BCUT2D eigenvalue weighted by Gasteiger charge is -2.57. The summed E-state index contributed by atoms with van der Waals surface area (Å²) in [6, 6.07) is 6.82. The Labute approximate surface area is 174 Å². The van der Waals surface area contributed by atoms with Crippen molar-refractivity contribution >= 4 is 11.7 Å². The summed E-state index contributed by atoms with van der Waals surface area (Å²) in [6.07, 6.45) is 13.9. The fourth-order valence-corrected chi connectivity index (χ4v) is 6.75. The number of fused-ring (bicyclic) bond motifs is 4. The van der Waals surface area contributed by atoms with Crippen LogP contribution in [0.25, 0.3) is 0 Å². The lowest BCUT2D eigenvalue weighted by molar-refractivity contribution is -0.149. The Morgan fingerprint density at radius 2 is 1.93 bits per heavy atom. The number of carbonyl (C=O) groups excluding carboxylic acids is 1. The molecular weight excluding hydrogens is 360 g/mol. The van der Waals surface area contributed by atoms with E-state index in [2.05, 4.69) is 20.9 Å². The molecule has 1 amide bonds. The summed E-state index contributed by atoms with van der Waals surface area (Å²) in [5.41, 5.74) is 0.674. The number of hydrogen-bond donors (Lipinski definition) is 0. The van der Waals surface area contributed by atoms with Gasteiger partial charge >= 0.3 is 0 Å². The van der Waals surface area contributed by atoms with Crippen LogP contribution in [0.4, 0.5) is 5.82 Å². The molecule has 0 aromatic carbocycles. The van der Waals surface area contributed by atoms with Gasteiger partial charge in [-0.05, 0) is 55.6 Å². The number of piperidine rings is 3. The minimum absolute atomic E-state index is 0.379. The van der Waals surface area contributed by atoms with Crippen molar-refractivity contribution in [2.75, 3.05) is 18.0 Å². The fourth-order valence-electron chi connectivity index (χ4n) is 6.75. The molecule has 0 spiro atoms. The van der Waals surface area contributed by atoms with Crippen LogP contribution in [-0.2, 0) is 4.79 Å². The Morgan fingerprint density at radius 3 is 2.76 bits per heavy atom. The standard InChI is InChI=1S/C24H32N4O/c25-14-18-8-5-11-26-24(18)27-15-19-13-20(16-27)22(12-17-6-2-1-3-7-17)28-21(19)9-4-10-23(28)29/h5,8,11,17,19-22H,1-4,6-7,9-10,12-13,15-16H2/t19-,20+,21+,22+/m1/s1. The summed E-state index contributed by atoms with van der Waals surface area (Å²) in [5.74, 6) is 3.04. The van der Waals surface area contributed by atoms with Crippen molar-refractivity contribution in [1.82, 2.24) is 9.88 Å². The monoisotopic (exact) mass is 392 g/mol. The van der Waals surface area contributed by atoms with Crippen LogP contribution in [0.1, 0.15) is 69.8 Å². The first-order valence-electron chi connectivity index (χ1n) is 11.7. The summed E-state index contributed by atoms with van der Waals surface area (Å²) in [4.78, 5) is 22.3. The molecule has 1 aromatic heterocycles. The predicted octanol–water partition coefficient (Wildman–Crippen LogP) is 4.13. The summed E-state index contributed by atoms with van der Waals surface area (Å²) >= 11 is 0. The van der Waals surface area contributed by atoms with Gasteiger partial charge in [-0.3, -0.25) is 4.79 Å². The zero-order chi connectivity index (χ0) is 19.8. The third kappa shape index (κ3) is 3.52. The van der Waals surface area contributed by atoms with Gasteiger partial charge in [0.1, 0.15) is 11.9 Å². The van der Waals surface area contributed by atoms with Crippen molar-refractivity contribution in [3.05, 3.63) is 23.9 Å². The van der Waals surface area contributed by atoms with E-state index in [0.717, 1.165) is 44.1 Å². The molecule has 5 rings (SSSR count). The molecule has 4 aliphatic rings. The molecule has 4 heterocycles. The maximum Gasteiger partial charge on any atom is 0.223 e. The number of pyridine rings is 1. The predicted molar refractivity (Wildman–Crippen MR) is 112 cm³/mol. The van der Waals surface area contributed by atoms with Crippen LogP contribution in [0.3, 0.4) is 0 Å². The third-order valence-corrected chi connectivity index (χ3v) is 8.00. The number of rotatable bonds is 3. The zero-order valence-electron chi connectivity index (χ0n) is 17.3. The van der Waals surface area contributed by atoms with Crippen LogP contribution in [0.15, 0.2) is 18.3 Å². The molecule has 2 bridgehead atoms. The molecule has 29 heavy (non-hydrogen) atoms. The van der Waals surface area contributed by atoms with Gasteiger partial charge in [-0.25, -0.2) is 4.98 Å². The second kappa shape index (κ2) is 7.97. The van der Waals surface area contributed by atoms with Crippen LogP contribution < -0.4 is 4.90 Å². The van der Waals surface area contributed by atoms with E-state index in [1.807, 2.05) is 12.1 Å². The van der Waals surface area contributed by atoms with Gasteiger partial charge in [-0.2, -0.15) is 5.26 Å². The average Bonchev–Trinajstić information content (AvgIpc) is 2.77. The Hall–Kier alpha value is -2.09. The maximum atomic E-state index is 13.0. The van der Waals surface area contributed by atoms with Crippen LogP contribution in [0.2, 0.25) is 0 Å². The molecule has 3 saturated heterocycles. The Kier molecular flexibility index (Phi) is 5.20. The van der Waals surface area contributed by atoms with Gasteiger partial charge in [0.15, 0.2) is 0 Å². The number of nitrogens with zero attached hydrogens (tertiary/aromatic N) is 4. The van der Waals surface area contributed by atoms with Crippen molar-refractivity contribution in [2.45, 2.75) is 76.3 Å². The lowest BCUT2D eigenvalue weighted by atomic mass is 9.69. The summed E-state index contributed by atoms with van der Waals surface area (Å²) < 4.78 is 0. The molecule has 154 valence electrons. The second-order valence-electron chi connectivity index (χ2n) is 9.71. The molecule has 0 radical (unpaired) electrons. The van der Waals surface area contributed by atoms with Crippen molar-refractivity contribution in [1.29, 1.82) is 5.26 Å². The van der Waals surface area contributed by atoms with Crippen LogP contribution in [0.5, 0.6) is 0 Å². The highest BCUT2D eigenvalue weighted by Crippen LogP contribution is 2.45. The van der Waals surface area contributed by atoms with Crippen LogP contribution in [-0.4, -0.2) is 41.0 Å². The van der Waals surface area contributed by atoms with E-state index in [4.69, 9.17) is 0 Å². The van der Waals surface area contributed by atoms with Crippen LogP contribution >= 0.6 is 0 Å². The highest BCUT2D eigenvalue weighted by molar-refractivity contribution is 5.78. The highest BCUT2D eigenvalue weighted by Gasteiger charge is 2.50. The quantitative estimate of drug-likeness (QED) is 0.776. The molecule has 1 saturated carbocycles. The van der Waals surface area contributed by atoms with Gasteiger partial charge in [0.2, 0.25) is 5.91 Å². The van der Waals surface area contributed by atoms with Crippen molar-refractivity contribution in [2.24, 2.45) is 17.8 Å². The van der Waals surface area contributed by atoms with Gasteiger partial charge in [0.05, 0.1) is 5.56 Å². The molecular formula is C24H32N4O. The molecule has 0 N–H and O–H groups in total.